The molecule has 0 bridgehead atoms. The van der Waals surface area contributed by atoms with E-state index in [0.717, 1.165) is 12.8 Å². The number of esters is 1. The summed E-state index contributed by atoms with van der Waals surface area (Å²) in [5.74, 6) is -0.119. The molecule has 1 heterocycles. The Morgan fingerprint density at radius 3 is 2.50 bits per heavy atom. The third kappa shape index (κ3) is 5.49. The van der Waals surface area contributed by atoms with Crippen molar-refractivity contribution in [3.8, 4) is 17.2 Å². The van der Waals surface area contributed by atoms with Crippen LogP contribution in [0.5, 0.6) is 17.2 Å². The van der Waals surface area contributed by atoms with E-state index in [1.807, 2.05) is 13.0 Å². The van der Waals surface area contributed by atoms with E-state index < -0.39 is 11.6 Å². The molecule has 0 amide bonds. The van der Waals surface area contributed by atoms with E-state index in [1.165, 1.54) is 25.2 Å². The summed E-state index contributed by atoms with van der Waals surface area (Å²) in [6, 6.07) is 4.85. The summed E-state index contributed by atoms with van der Waals surface area (Å²) in [5.41, 5.74) is 2.05. The predicted octanol–water partition coefficient (Wildman–Crippen LogP) is 4.80. The number of carbonyl (C=O) groups excluding carboxylic acids is 1. The van der Waals surface area contributed by atoms with E-state index >= 15 is 0 Å². The number of rotatable bonds is 8. The van der Waals surface area contributed by atoms with Crippen molar-refractivity contribution in [2.75, 3.05) is 13.7 Å². The minimum atomic E-state index is -0.658. The van der Waals surface area contributed by atoms with Crippen molar-refractivity contribution >= 4 is 16.9 Å². The van der Waals surface area contributed by atoms with Gasteiger partial charge >= 0.3 is 11.6 Å². The molecule has 0 aliphatic heterocycles. The van der Waals surface area contributed by atoms with Gasteiger partial charge in [-0.05, 0) is 51.8 Å². The zero-order chi connectivity index (χ0) is 20.7. The van der Waals surface area contributed by atoms with Crippen LogP contribution in [0, 0.1) is 0 Å². The Morgan fingerprint density at radius 1 is 1.11 bits per heavy atom. The van der Waals surface area contributed by atoms with E-state index in [4.69, 9.17) is 18.6 Å². The molecule has 150 valence electrons. The molecule has 0 spiro atoms. The number of benzene rings is 1. The first-order valence-corrected chi connectivity index (χ1v) is 9.07. The lowest BCUT2D eigenvalue weighted by Crippen LogP contribution is -2.10. The van der Waals surface area contributed by atoms with E-state index in [-0.39, 0.29) is 29.4 Å². The average Bonchev–Trinajstić information content (AvgIpc) is 2.60. The minimum absolute atomic E-state index is 0.0669. The highest BCUT2D eigenvalue weighted by atomic mass is 16.5. The van der Waals surface area contributed by atoms with E-state index in [1.54, 1.807) is 18.2 Å². The summed E-state index contributed by atoms with van der Waals surface area (Å²) in [5, 5.41) is 0.379. The van der Waals surface area contributed by atoms with Crippen LogP contribution in [0.2, 0.25) is 0 Å². The highest BCUT2D eigenvalue weighted by molar-refractivity contribution is 5.93. The summed E-state index contributed by atoms with van der Waals surface area (Å²) < 4.78 is 21.6. The number of allylic oxidation sites excluding steroid dienone is 3. The molecule has 0 unspecified atom stereocenters. The molecule has 0 N–H and O–H groups in total. The largest absolute Gasteiger partial charge is 0.487 e. The van der Waals surface area contributed by atoms with E-state index in [0.29, 0.717) is 5.39 Å². The van der Waals surface area contributed by atoms with Crippen molar-refractivity contribution in [1.82, 2.24) is 0 Å². The smallest absolute Gasteiger partial charge is 0.383 e. The Hall–Kier alpha value is -3.02. The van der Waals surface area contributed by atoms with Gasteiger partial charge in [-0.25, -0.2) is 4.79 Å². The first-order valence-electron chi connectivity index (χ1n) is 9.07. The Kier molecular flexibility index (Phi) is 7.44. The van der Waals surface area contributed by atoms with Gasteiger partial charge in [-0.15, -0.1) is 0 Å². The van der Waals surface area contributed by atoms with Crippen molar-refractivity contribution < 1.29 is 23.4 Å². The number of methoxy groups -OCH3 is 1. The second kappa shape index (κ2) is 9.78. The summed E-state index contributed by atoms with van der Waals surface area (Å²) in [6.45, 7) is 7.71. The Labute approximate surface area is 164 Å². The number of carbonyl (C=O) groups is 1. The number of fused-ring (bicyclic) bond motifs is 1. The minimum Gasteiger partial charge on any atom is -0.487 e. The van der Waals surface area contributed by atoms with Crippen LogP contribution in [0.15, 0.2) is 50.7 Å². The number of hydrogen-bond acceptors (Lipinski definition) is 6. The van der Waals surface area contributed by atoms with Crippen molar-refractivity contribution in [3.63, 3.8) is 0 Å². The summed E-state index contributed by atoms with van der Waals surface area (Å²) in [4.78, 5) is 23.7. The molecule has 0 saturated heterocycles. The van der Waals surface area contributed by atoms with Crippen molar-refractivity contribution in [2.24, 2.45) is 0 Å². The molecular weight excluding hydrogens is 360 g/mol. The van der Waals surface area contributed by atoms with Crippen molar-refractivity contribution in [1.29, 1.82) is 0 Å². The van der Waals surface area contributed by atoms with Gasteiger partial charge in [-0.3, -0.25) is 4.79 Å². The highest BCUT2D eigenvalue weighted by Crippen LogP contribution is 2.38. The molecule has 0 aliphatic carbocycles. The molecule has 0 aliphatic rings. The Morgan fingerprint density at radius 2 is 1.86 bits per heavy atom. The molecule has 0 radical (unpaired) electrons. The number of ether oxygens (including phenoxy) is 3. The van der Waals surface area contributed by atoms with E-state index in [2.05, 4.69) is 19.9 Å². The van der Waals surface area contributed by atoms with Gasteiger partial charge in [0.05, 0.1) is 7.11 Å². The summed E-state index contributed by atoms with van der Waals surface area (Å²) in [7, 11) is 1.36. The number of hydrogen-bond donors (Lipinski definition) is 0. The molecule has 1 aromatic heterocycles. The van der Waals surface area contributed by atoms with Crippen molar-refractivity contribution in [2.45, 2.75) is 40.5 Å². The average molecular weight is 386 g/mol. The predicted molar refractivity (Wildman–Crippen MR) is 108 cm³/mol. The van der Waals surface area contributed by atoms with Gasteiger partial charge in [0.25, 0.3) is 0 Å². The van der Waals surface area contributed by atoms with Crippen LogP contribution in [0.25, 0.3) is 11.0 Å². The van der Waals surface area contributed by atoms with Gasteiger partial charge in [0, 0.05) is 6.92 Å². The molecule has 6 nitrogen and oxygen atoms in total. The van der Waals surface area contributed by atoms with Crippen LogP contribution in [-0.4, -0.2) is 19.7 Å². The zero-order valence-corrected chi connectivity index (χ0v) is 17.0. The van der Waals surface area contributed by atoms with E-state index in [9.17, 15) is 9.59 Å². The lowest BCUT2D eigenvalue weighted by atomic mass is 10.1. The molecule has 28 heavy (non-hydrogen) atoms. The topological polar surface area (TPSA) is 75.0 Å². The van der Waals surface area contributed by atoms with Crippen LogP contribution in [0.3, 0.4) is 0 Å². The van der Waals surface area contributed by atoms with Crippen LogP contribution in [0.1, 0.15) is 40.5 Å². The SMILES string of the molecule is COc1c(OC/C=C(\C)CCC=C(C)C)c2c(OC(C)=O)cccc2oc1=O. The molecule has 2 rings (SSSR count). The van der Waals surface area contributed by atoms with Crippen LogP contribution in [0.4, 0.5) is 0 Å². The fourth-order valence-electron chi connectivity index (χ4n) is 2.68. The maximum atomic E-state index is 12.2. The lowest BCUT2D eigenvalue weighted by Gasteiger charge is -2.13. The zero-order valence-electron chi connectivity index (χ0n) is 17.0. The second-order valence-corrected chi connectivity index (χ2v) is 6.66. The van der Waals surface area contributed by atoms with Gasteiger partial charge in [0.2, 0.25) is 5.75 Å². The van der Waals surface area contributed by atoms with Crippen LogP contribution >= 0.6 is 0 Å². The van der Waals surface area contributed by atoms with Gasteiger partial charge in [-0.1, -0.05) is 23.3 Å². The Bertz CT molecular complexity index is 961. The molecule has 0 fully saturated rings. The molecule has 0 atom stereocenters. The summed E-state index contributed by atoms with van der Waals surface area (Å²) >= 11 is 0. The third-order valence-electron chi connectivity index (χ3n) is 4.02. The molecular formula is C22H26O6. The standard InChI is InChI=1S/C22H26O6/c1-14(2)8-6-9-15(3)12-13-26-20-19-17(27-16(4)23)10-7-11-18(19)28-22(24)21(20)25-5/h7-8,10-12H,6,9,13H2,1-5H3/b15-12+. The molecule has 2 aromatic rings. The molecule has 6 heteroatoms. The Balaban J connectivity index is 2.37. The third-order valence-corrected chi connectivity index (χ3v) is 4.02. The first kappa shape index (κ1) is 21.3. The van der Waals surface area contributed by atoms with Gasteiger partial charge < -0.3 is 18.6 Å². The highest BCUT2D eigenvalue weighted by Gasteiger charge is 2.21. The molecule has 1 aromatic carbocycles. The maximum absolute atomic E-state index is 12.2. The molecule has 0 saturated carbocycles. The second-order valence-electron chi connectivity index (χ2n) is 6.66. The van der Waals surface area contributed by atoms with Gasteiger partial charge in [0.1, 0.15) is 23.3 Å². The fraction of sp³-hybridized carbons (Fsp3) is 0.364. The summed E-state index contributed by atoms with van der Waals surface area (Å²) in [6.07, 6.45) is 6.01. The lowest BCUT2D eigenvalue weighted by molar-refractivity contribution is -0.131. The van der Waals surface area contributed by atoms with Crippen LogP contribution in [-0.2, 0) is 4.79 Å². The van der Waals surface area contributed by atoms with Crippen LogP contribution < -0.4 is 19.8 Å². The van der Waals surface area contributed by atoms with Gasteiger partial charge in [-0.2, -0.15) is 0 Å². The maximum Gasteiger partial charge on any atom is 0.383 e. The quantitative estimate of drug-likeness (QED) is 0.281. The fourth-order valence-corrected chi connectivity index (χ4v) is 2.68. The van der Waals surface area contributed by atoms with Gasteiger partial charge in [0.15, 0.2) is 5.75 Å². The monoisotopic (exact) mass is 386 g/mol. The normalized spacial score (nSPS) is 11.2. The first-order chi connectivity index (χ1) is 13.3. The van der Waals surface area contributed by atoms with Crippen molar-refractivity contribution in [3.05, 3.63) is 51.9 Å².